The van der Waals surface area contributed by atoms with Gasteiger partial charge in [0.2, 0.25) is 0 Å². The number of hydrogen-bond donors (Lipinski definition) is 1. The topological polar surface area (TPSA) is 68.3 Å². The fourth-order valence-corrected chi connectivity index (χ4v) is 6.78. The lowest BCUT2D eigenvalue weighted by atomic mass is 9.88. The van der Waals surface area contributed by atoms with Crippen LogP contribution in [-0.2, 0) is 17.6 Å². The Hall–Kier alpha value is -3.03. The van der Waals surface area contributed by atoms with Gasteiger partial charge in [-0.1, -0.05) is 32.0 Å². The van der Waals surface area contributed by atoms with E-state index in [4.69, 9.17) is 9.72 Å². The van der Waals surface area contributed by atoms with E-state index in [1.54, 1.807) is 11.3 Å². The van der Waals surface area contributed by atoms with Crippen molar-refractivity contribution in [2.45, 2.75) is 46.5 Å². The number of aryl methyl sites for hydroxylation is 1. The molecule has 3 heterocycles. The van der Waals surface area contributed by atoms with Crippen LogP contribution in [0.1, 0.15) is 62.7 Å². The Morgan fingerprint density at radius 2 is 2.00 bits per heavy atom. The third kappa shape index (κ3) is 4.75. The van der Waals surface area contributed by atoms with Gasteiger partial charge in [0.05, 0.1) is 33.8 Å². The van der Waals surface area contributed by atoms with Gasteiger partial charge in [-0.05, 0) is 68.4 Å². The number of para-hydroxylation sites is 1. The SMILES string of the molecule is CCCOC(=O)c1c(NC(=O)c2cc(-c3ccc(C)s3)nc3ccccc23)sc2c1CCC(C)C2. The smallest absolute Gasteiger partial charge is 0.341 e. The Bertz CT molecular complexity index is 1420. The molecule has 1 aliphatic rings. The van der Waals surface area contributed by atoms with Crippen molar-refractivity contribution in [1.82, 2.24) is 4.98 Å². The van der Waals surface area contributed by atoms with Crippen molar-refractivity contribution in [1.29, 1.82) is 0 Å². The number of pyridine rings is 1. The molecule has 35 heavy (non-hydrogen) atoms. The van der Waals surface area contributed by atoms with E-state index < -0.39 is 0 Å². The highest BCUT2D eigenvalue weighted by molar-refractivity contribution is 7.17. The van der Waals surface area contributed by atoms with Gasteiger partial charge in [0, 0.05) is 15.1 Å². The van der Waals surface area contributed by atoms with Gasteiger partial charge in [0.1, 0.15) is 5.00 Å². The van der Waals surface area contributed by atoms with E-state index in [1.807, 2.05) is 43.3 Å². The number of amides is 1. The quantitative estimate of drug-likeness (QED) is 0.280. The Balaban J connectivity index is 1.56. The molecule has 0 fully saturated rings. The zero-order valence-corrected chi connectivity index (χ0v) is 21.8. The summed E-state index contributed by atoms with van der Waals surface area (Å²) in [6.45, 7) is 6.63. The number of fused-ring (bicyclic) bond motifs is 2. The van der Waals surface area contributed by atoms with Crippen LogP contribution in [0.5, 0.6) is 0 Å². The number of ether oxygens (including phenoxy) is 1. The second-order valence-corrected chi connectivity index (χ2v) is 11.5. The van der Waals surface area contributed by atoms with Crippen molar-refractivity contribution in [2.75, 3.05) is 11.9 Å². The zero-order valence-electron chi connectivity index (χ0n) is 20.1. The third-order valence-electron chi connectivity index (χ3n) is 6.33. The lowest BCUT2D eigenvalue weighted by Crippen LogP contribution is -2.17. The molecule has 1 atom stereocenters. The van der Waals surface area contributed by atoms with E-state index in [1.165, 1.54) is 21.1 Å². The monoisotopic (exact) mass is 504 g/mol. The Kier molecular flexibility index (Phi) is 6.71. The van der Waals surface area contributed by atoms with Crippen molar-refractivity contribution in [3.05, 3.63) is 68.9 Å². The molecule has 1 aliphatic carbocycles. The predicted octanol–water partition coefficient (Wildman–Crippen LogP) is 7.28. The minimum atomic E-state index is -0.344. The van der Waals surface area contributed by atoms with Crippen LogP contribution in [0.3, 0.4) is 0 Å². The first-order chi connectivity index (χ1) is 16.9. The highest BCUT2D eigenvalue weighted by Gasteiger charge is 2.29. The molecule has 0 saturated heterocycles. The maximum absolute atomic E-state index is 13.7. The van der Waals surface area contributed by atoms with Gasteiger partial charge in [-0.2, -0.15) is 0 Å². The lowest BCUT2D eigenvalue weighted by molar-refractivity contribution is 0.0505. The van der Waals surface area contributed by atoms with Gasteiger partial charge in [-0.25, -0.2) is 9.78 Å². The summed E-state index contributed by atoms with van der Waals surface area (Å²) in [7, 11) is 0. The molecule has 5 rings (SSSR count). The second-order valence-electron chi connectivity index (χ2n) is 9.13. The first-order valence-electron chi connectivity index (χ1n) is 12.0. The first-order valence-corrected chi connectivity index (χ1v) is 13.7. The molecule has 0 saturated carbocycles. The third-order valence-corrected chi connectivity index (χ3v) is 8.53. The standard InChI is InChI=1S/C28H28N2O3S2/c1-4-13-33-28(32)25-19-11-9-16(2)14-24(19)35-27(25)30-26(31)20-15-22(23-12-10-17(3)34-23)29-21-8-6-5-7-18(20)21/h5-8,10,12,15-16H,4,9,11,13-14H2,1-3H3,(H,30,31). The normalized spacial score (nSPS) is 15.1. The summed E-state index contributed by atoms with van der Waals surface area (Å²) in [5.74, 6) is -0.0250. The van der Waals surface area contributed by atoms with Gasteiger partial charge in [-0.15, -0.1) is 22.7 Å². The van der Waals surface area contributed by atoms with Crippen LogP contribution < -0.4 is 5.32 Å². The van der Waals surface area contributed by atoms with E-state index in [-0.39, 0.29) is 11.9 Å². The van der Waals surface area contributed by atoms with Gasteiger partial charge in [-0.3, -0.25) is 4.79 Å². The van der Waals surface area contributed by atoms with Crippen LogP contribution in [0.2, 0.25) is 0 Å². The van der Waals surface area contributed by atoms with Gasteiger partial charge in [0.15, 0.2) is 0 Å². The summed E-state index contributed by atoms with van der Waals surface area (Å²) >= 11 is 3.17. The molecule has 0 aliphatic heterocycles. The van der Waals surface area contributed by atoms with Crippen LogP contribution in [0.4, 0.5) is 5.00 Å². The molecule has 3 aromatic heterocycles. The molecule has 1 amide bonds. The molecular formula is C28H28N2O3S2. The highest BCUT2D eigenvalue weighted by atomic mass is 32.1. The van der Waals surface area contributed by atoms with Crippen molar-refractivity contribution in [2.24, 2.45) is 5.92 Å². The van der Waals surface area contributed by atoms with E-state index in [2.05, 4.69) is 25.2 Å². The number of benzene rings is 1. The van der Waals surface area contributed by atoms with Crippen molar-refractivity contribution in [3.63, 3.8) is 0 Å². The maximum Gasteiger partial charge on any atom is 0.341 e. The number of anilines is 1. The molecule has 0 spiro atoms. The molecule has 5 nitrogen and oxygen atoms in total. The van der Waals surface area contributed by atoms with Crippen molar-refractivity contribution < 1.29 is 14.3 Å². The first kappa shape index (κ1) is 23.7. The van der Waals surface area contributed by atoms with Crippen molar-refractivity contribution in [3.8, 4) is 10.6 Å². The largest absolute Gasteiger partial charge is 0.462 e. The van der Waals surface area contributed by atoms with Crippen LogP contribution in [0, 0.1) is 12.8 Å². The number of thiophene rings is 2. The molecular weight excluding hydrogens is 476 g/mol. The summed E-state index contributed by atoms with van der Waals surface area (Å²) in [6.07, 6.45) is 3.54. The number of esters is 1. The molecule has 0 radical (unpaired) electrons. The summed E-state index contributed by atoms with van der Waals surface area (Å²) in [6, 6.07) is 13.6. The fourth-order valence-electron chi connectivity index (χ4n) is 4.55. The molecule has 180 valence electrons. The fraction of sp³-hybridized carbons (Fsp3) is 0.321. The number of carbonyl (C=O) groups is 2. The van der Waals surface area contributed by atoms with Crippen molar-refractivity contribution >= 4 is 50.5 Å². The number of hydrogen-bond acceptors (Lipinski definition) is 6. The summed E-state index contributed by atoms with van der Waals surface area (Å²) in [5, 5.41) is 4.46. The predicted molar refractivity (Wildman–Crippen MR) is 144 cm³/mol. The van der Waals surface area contributed by atoms with E-state index in [0.29, 0.717) is 28.7 Å². The minimum absolute atomic E-state index is 0.241. The molecule has 4 aromatic rings. The molecule has 1 unspecified atom stereocenters. The molecule has 0 bridgehead atoms. The Morgan fingerprint density at radius 1 is 1.17 bits per heavy atom. The van der Waals surface area contributed by atoms with E-state index >= 15 is 0 Å². The molecule has 1 N–H and O–H groups in total. The summed E-state index contributed by atoms with van der Waals surface area (Å²) in [4.78, 5) is 34.9. The van der Waals surface area contributed by atoms with Crippen LogP contribution in [-0.4, -0.2) is 23.5 Å². The number of rotatable bonds is 6. The average Bonchev–Trinajstić information content (AvgIpc) is 3.44. The minimum Gasteiger partial charge on any atom is -0.462 e. The van der Waals surface area contributed by atoms with E-state index in [9.17, 15) is 9.59 Å². The van der Waals surface area contributed by atoms with Crippen LogP contribution >= 0.6 is 22.7 Å². The number of aromatic nitrogens is 1. The second kappa shape index (κ2) is 9.91. The summed E-state index contributed by atoms with van der Waals surface area (Å²) < 4.78 is 5.51. The number of carbonyl (C=O) groups excluding carboxylic acids is 2. The Morgan fingerprint density at radius 3 is 2.77 bits per heavy atom. The van der Waals surface area contributed by atoms with Crippen LogP contribution in [0.15, 0.2) is 42.5 Å². The zero-order chi connectivity index (χ0) is 24.5. The highest BCUT2D eigenvalue weighted by Crippen LogP contribution is 2.40. The molecule has 7 heteroatoms. The number of nitrogens with one attached hydrogen (secondary N) is 1. The maximum atomic E-state index is 13.7. The molecule has 1 aromatic carbocycles. The van der Waals surface area contributed by atoms with Gasteiger partial charge >= 0.3 is 5.97 Å². The van der Waals surface area contributed by atoms with E-state index in [0.717, 1.165) is 52.7 Å². The lowest BCUT2D eigenvalue weighted by Gasteiger charge is -2.18. The average molecular weight is 505 g/mol. The van der Waals surface area contributed by atoms with Gasteiger partial charge in [0.25, 0.3) is 5.91 Å². The van der Waals surface area contributed by atoms with Gasteiger partial charge < -0.3 is 10.1 Å². The summed E-state index contributed by atoms with van der Waals surface area (Å²) in [5.41, 5.74) is 3.66. The number of nitrogens with zero attached hydrogens (tertiary/aromatic N) is 1. The Labute approximate surface area is 213 Å². The van der Waals surface area contributed by atoms with Crippen LogP contribution in [0.25, 0.3) is 21.5 Å².